The molecule has 4 aromatic rings. The van der Waals surface area contributed by atoms with Gasteiger partial charge in [-0.1, -0.05) is 0 Å². The molecule has 1 fully saturated rings. The van der Waals surface area contributed by atoms with Gasteiger partial charge < -0.3 is 10.2 Å². The van der Waals surface area contributed by atoms with Gasteiger partial charge in [0.1, 0.15) is 0 Å². The van der Waals surface area contributed by atoms with Crippen molar-refractivity contribution in [2.75, 3.05) is 18.4 Å². The zero-order valence-corrected chi connectivity index (χ0v) is 16.2. The summed E-state index contributed by atoms with van der Waals surface area (Å²) in [6.07, 6.45) is 5.21. The number of benzene rings is 1. The van der Waals surface area contributed by atoms with Gasteiger partial charge in [0.2, 0.25) is 11.6 Å². The average Bonchev–Trinajstić information content (AvgIpc) is 3.32. The first-order chi connectivity index (χ1) is 13.7. The number of aromatic nitrogens is 5. The van der Waals surface area contributed by atoms with Gasteiger partial charge in [-0.05, 0) is 42.6 Å². The normalized spacial score (nSPS) is 15.4. The third-order valence-corrected chi connectivity index (χ3v) is 6.11. The second-order valence-electron chi connectivity index (χ2n) is 7.01. The van der Waals surface area contributed by atoms with E-state index in [0.29, 0.717) is 17.1 Å². The Hall–Kier alpha value is -3.07. The number of H-pyrrole nitrogens is 1. The number of rotatable bonds is 3. The Labute approximate surface area is 165 Å². The summed E-state index contributed by atoms with van der Waals surface area (Å²) < 4.78 is 5.89. The fourth-order valence-electron chi connectivity index (χ4n) is 3.78. The maximum atomic E-state index is 11.5. The molecular formula is C19H19N7OS. The zero-order valence-electron chi connectivity index (χ0n) is 15.3. The molecule has 0 bridgehead atoms. The van der Waals surface area contributed by atoms with Gasteiger partial charge in [-0.25, -0.2) is 9.97 Å². The first-order valence-electron chi connectivity index (χ1n) is 9.26. The molecule has 142 valence electrons. The number of carbonyl (C=O) groups excluding carboxylic acids is 1. The quantitative estimate of drug-likeness (QED) is 0.553. The maximum Gasteiger partial charge on any atom is 0.219 e. The standard InChI is InChI=1S/C19H19N7OS/c1-11(27)26-8-4-12(5-9-26)16-14-3-2-13(10-15(14)28-25-16)22-19-17-18(23-24-19)21-7-6-20-17/h2-3,6-7,10,12H,4-5,8-9H2,1H3,(H2,21,22,23,24). The molecule has 1 amide bonds. The predicted octanol–water partition coefficient (Wildman–Crippen LogP) is 3.43. The van der Waals surface area contributed by atoms with Crippen molar-refractivity contribution in [2.45, 2.75) is 25.7 Å². The summed E-state index contributed by atoms with van der Waals surface area (Å²) in [6, 6.07) is 6.27. The monoisotopic (exact) mass is 393 g/mol. The maximum absolute atomic E-state index is 11.5. The third kappa shape index (κ3) is 2.97. The summed E-state index contributed by atoms with van der Waals surface area (Å²) in [5.41, 5.74) is 3.41. The van der Waals surface area contributed by atoms with Gasteiger partial charge in [0.15, 0.2) is 11.3 Å². The SMILES string of the molecule is CC(=O)N1CCC(c2nsc3cc(Nc4[nH]nc5nccnc45)ccc23)CC1. The molecule has 1 aromatic carbocycles. The third-order valence-electron chi connectivity index (χ3n) is 5.29. The summed E-state index contributed by atoms with van der Waals surface area (Å²) in [7, 11) is 0. The van der Waals surface area contributed by atoms with Gasteiger partial charge in [0, 0.05) is 49.4 Å². The van der Waals surface area contributed by atoms with E-state index in [1.54, 1.807) is 19.3 Å². The van der Waals surface area contributed by atoms with Crippen LogP contribution >= 0.6 is 11.5 Å². The lowest BCUT2D eigenvalue weighted by Crippen LogP contribution is -2.36. The van der Waals surface area contributed by atoms with Crippen molar-refractivity contribution in [3.63, 3.8) is 0 Å². The van der Waals surface area contributed by atoms with E-state index < -0.39 is 0 Å². The molecule has 0 spiro atoms. The number of carbonyl (C=O) groups is 1. The van der Waals surface area contributed by atoms with Crippen molar-refractivity contribution in [1.29, 1.82) is 0 Å². The van der Waals surface area contributed by atoms with E-state index in [1.165, 1.54) is 16.9 Å². The van der Waals surface area contributed by atoms with Gasteiger partial charge in [-0.15, -0.1) is 0 Å². The van der Waals surface area contributed by atoms with Crippen LogP contribution in [0, 0.1) is 0 Å². The summed E-state index contributed by atoms with van der Waals surface area (Å²) in [5.74, 6) is 1.30. The van der Waals surface area contributed by atoms with Gasteiger partial charge in [0.05, 0.1) is 10.4 Å². The van der Waals surface area contributed by atoms with Gasteiger partial charge in [-0.3, -0.25) is 9.89 Å². The lowest BCUT2D eigenvalue weighted by molar-refractivity contribution is -0.129. The lowest BCUT2D eigenvalue weighted by atomic mass is 9.91. The van der Waals surface area contributed by atoms with Crippen LogP contribution in [0.4, 0.5) is 11.5 Å². The minimum Gasteiger partial charge on any atom is -0.343 e. The Morgan fingerprint density at radius 3 is 2.89 bits per heavy atom. The van der Waals surface area contributed by atoms with E-state index in [9.17, 15) is 4.79 Å². The highest BCUT2D eigenvalue weighted by Gasteiger charge is 2.25. The number of anilines is 2. The van der Waals surface area contributed by atoms with Crippen molar-refractivity contribution in [1.82, 2.24) is 29.4 Å². The Kier molecular flexibility index (Phi) is 4.16. The van der Waals surface area contributed by atoms with Crippen LogP contribution in [0.15, 0.2) is 30.6 Å². The molecule has 9 heteroatoms. The van der Waals surface area contributed by atoms with Crippen molar-refractivity contribution >= 4 is 50.2 Å². The number of nitrogens with one attached hydrogen (secondary N) is 2. The smallest absolute Gasteiger partial charge is 0.219 e. The van der Waals surface area contributed by atoms with E-state index in [4.69, 9.17) is 4.37 Å². The largest absolute Gasteiger partial charge is 0.343 e. The Balaban J connectivity index is 1.39. The van der Waals surface area contributed by atoms with Crippen LogP contribution in [0.5, 0.6) is 0 Å². The van der Waals surface area contributed by atoms with Gasteiger partial charge >= 0.3 is 0 Å². The minimum atomic E-state index is 0.160. The molecular weight excluding hydrogens is 374 g/mol. The lowest BCUT2D eigenvalue weighted by Gasteiger charge is -2.30. The Bertz CT molecular complexity index is 1160. The topological polar surface area (TPSA) is 99.7 Å². The summed E-state index contributed by atoms with van der Waals surface area (Å²) in [4.78, 5) is 22.0. The highest BCUT2D eigenvalue weighted by molar-refractivity contribution is 7.13. The number of amides is 1. The zero-order chi connectivity index (χ0) is 19.1. The summed E-state index contributed by atoms with van der Waals surface area (Å²) in [6.45, 7) is 3.26. The molecule has 3 aromatic heterocycles. The molecule has 0 aliphatic carbocycles. The molecule has 5 rings (SSSR count). The number of likely N-dealkylation sites (tertiary alicyclic amines) is 1. The second-order valence-corrected chi connectivity index (χ2v) is 7.82. The highest BCUT2D eigenvalue weighted by atomic mass is 32.1. The summed E-state index contributed by atoms with van der Waals surface area (Å²) >= 11 is 1.52. The first kappa shape index (κ1) is 17.1. The molecule has 1 saturated heterocycles. The number of hydrogen-bond donors (Lipinski definition) is 2. The second kappa shape index (κ2) is 6.83. The predicted molar refractivity (Wildman–Crippen MR) is 109 cm³/mol. The number of nitrogens with zero attached hydrogens (tertiary/aromatic N) is 5. The van der Waals surface area contributed by atoms with Crippen LogP contribution in [0.2, 0.25) is 0 Å². The summed E-state index contributed by atoms with van der Waals surface area (Å²) in [5, 5.41) is 11.7. The van der Waals surface area contributed by atoms with Gasteiger partial charge in [-0.2, -0.15) is 9.47 Å². The Morgan fingerprint density at radius 2 is 2.07 bits per heavy atom. The van der Waals surface area contributed by atoms with Crippen molar-refractivity contribution in [3.8, 4) is 0 Å². The van der Waals surface area contributed by atoms with E-state index in [2.05, 4.69) is 37.6 Å². The molecule has 0 saturated carbocycles. The van der Waals surface area contributed by atoms with Crippen LogP contribution < -0.4 is 5.32 Å². The number of piperidine rings is 1. The molecule has 0 radical (unpaired) electrons. The molecule has 0 unspecified atom stereocenters. The van der Waals surface area contributed by atoms with E-state index >= 15 is 0 Å². The number of aromatic amines is 1. The first-order valence-corrected chi connectivity index (χ1v) is 10.0. The molecule has 28 heavy (non-hydrogen) atoms. The Morgan fingerprint density at radius 1 is 1.25 bits per heavy atom. The van der Waals surface area contributed by atoms with Crippen molar-refractivity contribution in [2.24, 2.45) is 0 Å². The molecule has 8 nitrogen and oxygen atoms in total. The fourth-order valence-corrected chi connectivity index (χ4v) is 4.67. The molecule has 4 heterocycles. The van der Waals surface area contributed by atoms with Gasteiger partial charge in [0.25, 0.3) is 0 Å². The van der Waals surface area contributed by atoms with Crippen LogP contribution in [0.25, 0.3) is 21.3 Å². The average molecular weight is 393 g/mol. The van der Waals surface area contributed by atoms with E-state index in [-0.39, 0.29) is 5.91 Å². The number of hydrogen-bond acceptors (Lipinski definition) is 7. The highest BCUT2D eigenvalue weighted by Crippen LogP contribution is 2.36. The molecule has 0 atom stereocenters. The van der Waals surface area contributed by atoms with Crippen LogP contribution in [0.3, 0.4) is 0 Å². The van der Waals surface area contributed by atoms with E-state index in [1.807, 2.05) is 11.0 Å². The molecule has 1 aliphatic rings. The number of fused-ring (bicyclic) bond motifs is 2. The van der Waals surface area contributed by atoms with Crippen molar-refractivity contribution in [3.05, 3.63) is 36.3 Å². The van der Waals surface area contributed by atoms with E-state index in [0.717, 1.165) is 47.8 Å². The van der Waals surface area contributed by atoms with Crippen LogP contribution in [0.1, 0.15) is 31.4 Å². The molecule has 2 N–H and O–H groups in total. The minimum absolute atomic E-state index is 0.160. The van der Waals surface area contributed by atoms with Crippen LogP contribution in [-0.4, -0.2) is 48.4 Å². The fraction of sp³-hybridized carbons (Fsp3) is 0.316. The molecule has 1 aliphatic heterocycles. The van der Waals surface area contributed by atoms with Crippen LogP contribution in [-0.2, 0) is 4.79 Å². The van der Waals surface area contributed by atoms with Crippen molar-refractivity contribution < 1.29 is 4.79 Å².